The topological polar surface area (TPSA) is 68.0 Å². The highest BCUT2D eigenvalue weighted by molar-refractivity contribution is 7.13. The Morgan fingerprint density at radius 2 is 2.08 bits per heavy atom. The molecule has 0 radical (unpaired) electrons. The Bertz CT molecular complexity index is 688. The molecular formula is C18H24ClN3OS. The first-order chi connectivity index (χ1) is 11.2. The minimum atomic E-state index is -0.0774. The van der Waals surface area contributed by atoms with Crippen LogP contribution < -0.4 is 11.1 Å². The number of nitrogens with one attached hydrogen (secondary N) is 1. The van der Waals surface area contributed by atoms with E-state index >= 15 is 0 Å². The summed E-state index contributed by atoms with van der Waals surface area (Å²) in [6.07, 6.45) is 4.49. The first-order valence-corrected chi connectivity index (χ1v) is 9.09. The van der Waals surface area contributed by atoms with Crippen molar-refractivity contribution in [3.63, 3.8) is 0 Å². The molecule has 0 bridgehead atoms. The molecule has 1 aromatic heterocycles. The van der Waals surface area contributed by atoms with Crippen LogP contribution >= 0.6 is 23.7 Å². The lowest BCUT2D eigenvalue weighted by Gasteiger charge is -2.31. The van der Waals surface area contributed by atoms with Gasteiger partial charge >= 0.3 is 0 Å². The Morgan fingerprint density at radius 1 is 1.33 bits per heavy atom. The fraction of sp³-hybridized carbons (Fsp3) is 0.444. The molecule has 0 spiro atoms. The lowest BCUT2D eigenvalue weighted by atomic mass is 9.84. The smallest absolute Gasteiger partial charge is 0.271 e. The molecule has 130 valence electrons. The van der Waals surface area contributed by atoms with Crippen molar-refractivity contribution in [1.82, 2.24) is 10.3 Å². The summed E-state index contributed by atoms with van der Waals surface area (Å²) < 4.78 is 0. The molecule has 2 atom stereocenters. The lowest BCUT2D eigenvalue weighted by Crippen LogP contribution is -2.44. The molecule has 1 aliphatic rings. The lowest BCUT2D eigenvalue weighted by molar-refractivity contribution is 0.0903. The molecule has 6 heteroatoms. The summed E-state index contributed by atoms with van der Waals surface area (Å²) in [5.74, 6) is 0.314. The van der Waals surface area contributed by atoms with Gasteiger partial charge in [-0.05, 0) is 37.8 Å². The molecule has 1 heterocycles. The van der Waals surface area contributed by atoms with Crippen LogP contribution in [0.2, 0.25) is 0 Å². The van der Waals surface area contributed by atoms with E-state index in [-0.39, 0.29) is 24.4 Å². The largest absolute Gasteiger partial charge is 0.348 e. The second kappa shape index (κ2) is 8.60. The summed E-state index contributed by atoms with van der Waals surface area (Å²) in [6, 6.07) is 8.30. The van der Waals surface area contributed by atoms with Gasteiger partial charge in [-0.15, -0.1) is 23.7 Å². The van der Waals surface area contributed by atoms with Crippen molar-refractivity contribution in [3.8, 4) is 10.6 Å². The minimum absolute atomic E-state index is 0. The average Bonchev–Trinajstić information content (AvgIpc) is 3.05. The van der Waals surface area contributed by atoms with Crippen molar-refractivity contribution in [1.29, 1.82) is 0 Å². The maximum Gasteiger partial charge on any atom is 0.271 e. The van der Waals surface area contributed by atoms with Gasteiger partial charge in [-0.2, -0.15) is 0 Å². The summed E-state index contributed by atoms with van der Waals surface area (Å²) in [4.78, 5) is 17.0. The maximum absolute atomic E-state index is 12.5. The van der Waals surface area contributed by atoms with Gasteiger partial charge in [0, 0.05) is 17.0 Å². The van der Waals surface area contributed by atoms with E-state index in [9.17, 15) is 4.79 Å². The third-order valence-electron chi connectivity index (χ3n) is 4.64. The molecule has 24 heavy (non-hydrogen) atoms. The van der Waals surface area contributed by atoms with Crippen LogP contribution in [0, 0.1) is 12.8 Å². The van der Waals surface area contributed by atoms with E-state index in [4.69, 9.17) is 5.73 Å². The molecule has 0 aliphatic heterocycles. The number of hydrogen-bond donors (Lipinski definition) is 2. The van der Waals surface area contributed by atoms with Crippen molar-refractivity contribution in [2.75, 3.05) is 6.54 Å². The number of halogens is 1. The SMILES string of the molecule is Cc1ccccc1-c1nc(C(=O)NC2CCCCC2CN)cs1.Cl. The minimum Gasteiger partial charge on any atom is -0.348 e. The summed E-state index contributed by atoms with van der Waals surface area (Å²) in [6.45, 7) is 2.70. The standard InChI is InChI=1S/C18H23N3OS.ClH/c1-12-6-2-4-8-14(12)18-21-16(11-23-18)17(22)20-15-9-5-3-7-13(15)10-19;/h2,4,6,8,11,13,15H,3,5,7,9-10,19H2,1H3,(H,20,22);1H. The third-order valence-corrected chi connectivity index (χ3v) is 5.52. The Labute approximate surface area is 153 Å². The average molecular weight is 366 g/mol. The summed E-state index contributed by atoms with van der Waals surface area (Å²) in [7, 11) is 0. The van der Waals surface area contributed by atoms with E-state index in [1.807, 2.05) is 23.6 Å². The maximum atomic E-state index is 12.5. The number of carbonyl (C=O) groups excluding carboxylic acids is 1. The van der Waals surface area contributed by atoms with E-state index in [0.717, 1.165) is 29.8 Å². The number of aryl methyl sites for hydroxylation is 1. The zero-order valence-corrected chi connectivity index (χ0v) is 15.5. The van der Waals surface area contributed by atoms with Gasteiger partial charge in [0.25, 0.3) is 5.91 Å². The van der Waals surface area contributed by atoms with Crippen LogP contribution in [0.25, 0.3) is 10.6 Å². The second-order valence-corrected chi connectivity index (χ2v) is 7.07. The number of benzene rings is 1. The molecule has 1 saturated carbocycles. The fourth-order valence-corrected chi connectivity index (χ4v) is 4.13. The van der Waals surface area contributed by atoms with Crippen LogP contribution in [0.4, 0.5) is 0 Å². The number of hydrogen-bond acceptors (Lipinski definition) is 4. The quantitative estimate of drug-likeness (QED) is 0.866. The zero-order chi connectivity index (χ0) is 16.2. The van der Waals surface area contributed by atoms with Gasteiger partial charge in [-0.25, -0.2) is 4.98 Å². The number of amides is 1. The monoisotopic (exact) mass is 365 g/mol. The number of thiazole rings is 1. The Hall–Kier alpha value is -1.43. The Kier molecular flexibility index (Phi) is 6.78. The highest BCUT2D eigenvalue weighted by atomic mass is 35.5. The molecule has 3 N–H and O–H groups in total. The molecule has 2 unspecified atom stereocenters. The molecule has 1 fully saturated rings. The number of aromatic nitrogens is 1. The van der Waals surface area contributed by atoms with Crippen LogP contribution in [-0.2, 0) is 0 Å². The summed E-state index contributed by atoms with van der Waals surface area (Å²) >= 11 is 1.52. The molecule has 1 amide bonds. The normalized spacial score (nSPS) is 20.2. The van der Waals surface area contributed by atoms with Crippen LogP contribution in [0.15, 0.2) is 29.6 Å². The van der Waals surface area contributed by atoms with Gasteiger partial charge in [0.2, 0.25) is 0 Å². The van der Waals surface area contributed by atoms with E-state index in [2.05, 4.69) is 23.3 Å². The molecule has 1 aromatic carbocycles. The first kappa shape index (κ1) is 18.9. The molecule has 3 rings (SSSR count). The predicted octanol–water partition coefficient (Wildman–Crippen LogP) is 3.79. The fourth-order valence-electron chi connectivity index (χ4n) is 3.24. The summed E-state index contributed by atoms with van der Waals surface area (Å²) in [5.41, 5.74) is 8.61. The predicted molar refractivity (Wildman–Crippen MR) is 102 cm³/mol. The van der Waals surface area contributed by atoms with Gasteiger partial charge in [0.05, 0.1) is 0 Å². The van der Waals surface area contributed by atoms with Gasteiger partial charge in [-0.1, -0.05) is 37.1 Å². The van der Waals surface area contributed by atoms with Gasteiger partial charge < -0.3 is 11.1 Å². The van der Waals surface area contributed by atoms with E-state index in [1.54, 1.807) is 0 Å². The van der Waals surface area contributed by atoms with Crippen LogP contribution in [0.5, 0.6) is 0 Å². The van der Waals surface area contributed by atoms with Crippen molar-refractivity contribution >= 4 is 29.7 Å². The van der Waals surface area contributed by atoms with Crippen molar-refractivity contribution in [2.45, 2.75) is 38.6 Å². The summed E-state index contributed by atoms with van der Waals surface area (Å²) in [5, 5.41) is 5.88. The van der Waals surface area contributed by atoms with Crippen molar-refractivity contribution in [2.24, 2.45) is 11.7 Å². The van der Waals surface area contributed by atoms with E-state index in [0.29, 0.717) is 18.2 Å². The number of nitrogens with zero attached hydrogens (tertiary/aromatic N) is 1. The number of carbonyl (C=O) groups is 1. The Balaban J connectivity index is 0.00000208. The second-order valence-electron chi connectivity index (χ2n) is 6.21. The first-order valence-electron chi connectivity index (χ1n) is 8.21. The van der Waals surface area contributed by atoms with Crippen LogP contribution in [0.1, 0.15) is 41.7 Å². The highest BCUT2D eigenvalue weighted by Gasteiger charge is 2.26. The van der Waals surface area contributed by atoms with Crippen molar-refractivity contribution < 1.29 is 4.79 Å². The zero-order valence-electron chi connectivity index (χ0n) is 13.8. The molecule has 1 aliphatic carbocycles. The molecular weight excluding hydrogens is 342 g/mol. The van der Waals surface area contributed by atoms with Gasteiger partial charge in [0.1, 0.15) is 10.7 Å². The van der Waals surface area contributed by atoms with E-state index in [1.165, 1.54) is 23.3 Å². The van der Waals surface area contributed by atoms with Crippen LogP contribution in [0.3, 0.4) is 0 Å². The molecule has 4 nitrogen and oxygen atoms in total. The molecule has 0 saturated heterocycles. The van der Waals surface area contributed by atoms with Crippen molar-refractivity contribution in [3.05, 3.63) is 40.9 Å². The molecule has 2 aromatic rings. The Morgan fingerprint density at radius 3 is 2.83 bits per heavy atom. The highest BCUT2D eigenvalue weighted by Crippen LogP contribution is 2.27. The van der Waals surface area contributed by atoms with Crippen LogP contribution in [-0.4, -0.2) is 23.5 Å². The third kappa shape index (κ3) is 4.15. The number of rotatable bonds is 4. The van der Waals surface area contributed by atoms with Gasteiger partial charge in [0.15, 0.2) is 0 Å². The van der Waals surface area contributed by atoms with E-state index < -0.39 is 0 Å². The van der Waals surface area contributed by atoms with Gasteiger partial charge in [-0.3, -0.25) is 4.79 Å². The number of nitrogens with two attached hydrogens (primary N) is 1.